The largest absolute Gasteiger partial charge is 0.497 e. The van der Waals surface area contributed by atoms with E-state index in [1.165, 1.54) is 11.3 Å². The molecule has 1 amide bonds. The average molecular weight is 346 g/mol. The zero-order valence-electron chi connectivity index (χ0n) is 13.4. The number of benzene rings is 1. The summed E-state index contributed by atoms with van der Waals surface area (Å²) in [5.74, 6) is 0.420. The van der Waals surface area contributed by atoms with E-state index in [1.807, 2.05) is 36.6 Å². The number of rotatable bonds is 6. The van der Waals surface area contributed by atoms with Gasteiger partial charge in [-0.15, -0.1) is 11.3 Å². The number of nitrogens with zero attached hydrogens (tertiary/aromatic N) is 1. The van der Waals surface area contributed by atoms with Crippen LogP contribution in [0.5, 0.6) is 5.75 Å². The van der Waals surface area contributed by atoms with Crippen molar-refractivity contribution in [2.75, 3.05) is 19.0 Å². The molecular formula is C17H18N2O4S. The van der Waals surface area contributed by atoms with E-state index in [2.05, 4.69) is 10.3 Å². The van der Waals surface area contributed by atoms with Gasteiger partial charge >= 0.3 is 5.97 Å². The number of methoxy groups -OCH3 is 1. The molecule has 1 heterocycles. The maximum Gasteiger partial charge on any atom is 0.309 e. The van der Waals surface area contributed by atoms with E-state index in [9.17, 15) is 9.59 Å². The van der Waals surface area contributed by atoms with Gasteiger partial charge in [0.25, 0.3) is 5.91 Å². The molecule has 0 aliphatic heterocycles. The first-order valence-corrected chi connectivity index (χ1v) is 8.51. The van der Waals surface area contributed by atoms with Crippen LogP contribution in [0.15, 0.2) is 29.6 Å². The minimum Gasteiger partial charge on any atom is -0.497 e. The number of amides is 1. The second kappa shape index (κ2) is 7.00. The lowest BCUT2D eigenvalue weighted by molar-refractivity contribution is -0.148. The molecule has 0 saturated heterocycles. The van der Waals surface area contributed by atoms with Gasteiger partial charge in [0.1, 0.15) is 5.75 Å². The maximum absolute atomic E-state index is 11.8. The van der Waals surface area contributed by atoms with Gasteiger partial charge in [-0.25, -0.2) is 4.98 Å². The molecule has 0 radical (unpaired) electrons. The predicted molar refractivity (Wildman–Crippen MR) is 91.0 cm³/mol. The number of carbonyl (C=O) groups excluding carboxylic acids is 2. The summed E-state index contributed by atoms with van der Waals surface area (Å²) < 4.78 is 10.1. The third-order valence-corrected chi connectivity index (χ3v) is 4.65. The first-order valence-electron chi connectivity index (χ1n) is 7.63. The van der Waals surface area contributed by atoms with Crippen LogP contribution < -0.4 is 10.1 Å². The van der Waals surface area contributed by atoms with Crippen LogP contribution in [0.25, 0.3) is 11.3 Å². The monoisotopic (exact) mass is 346 g/mol. The highest BCUT2D eigenvalue weighted by molar-refractivity contribution is 7.14. The van der Waals surface area contributed by atoms with Crippen molar-refractivity contribution in [3.63, 3.8) is 0 Å². The van der Waals surface area contributed by atoms with E-state index in [4.69, 9.17) is 9.47 Å². The zero-order valence-corrected chi connectivity index (χ0v) is 14.3. The molecule has 7 heteroatoms. The number of hydrogen-bond acceptors (Lipinski definition) is 6. The molecule has 1 aliphatic carbocycles. The van der Waals surface area contributed by atoms with Crippen LogP contribution in [-0.4, -0.2) is 30.6 Å². The molecule has 6 nitrogen and oxygen atoms in total. The smallest absolute Gasteiger partial charge is 0.309 e. The third kappa shape index (κ3) is 3.91. The number of anilines is 1. The van der Waals surface area contributed by atoms with Crippen molar-refractivity contribution >= 4 is 28.3 Å². The van der Waals surface area contributed by atoms with Gasteiger partial charge in [-0.05, 0) is 36.6 Å². The van der Waals surface area contributed by atoms with Crippen LogP contribution in [-0.2, 0) is 14.3 Å². The fourth-order valence-electron chi connectivity index (χ4n) is 2.28. The minimum atomic E-state index is -0.382. The van der Waals surface area contributed by atoms with Gasteiger partial charge in [0.15, 0.2) is 11.7 Å². The summed E-state index contributed by atoms with van der Waals surface area (Å²) in [5.41, 5.74) is 1.70. The van der Waals surface area contributed by atoms with E-state index in [0.29, 0.717) is 11.0 Å². The fourth-order valence-corrected chi connectivity index (χ4v) is 3.01. The molecule has 1 aromatic carbocycles. The zero-order chi connectivity index (χ0) is 17.1. The molecule has 0 spiro atoms. The average Bonchev–Trinajstić information content (AvgIpc) is 3.15. The minimum absolute atomic E-state index is 0.0423. The Hall–Kier alpha value is -2.41. The molecule has 2 aromatic rings. The Bertz CT molecular complexity index is 741. The van der Waals surface area contributed by atoms with E-state index >= 15 is 0 Å². The fraction of sp³-hybridized carbons (Fsp3) is 0.353. The molecule has 3 rings (SSSR count). The first kappa shape index (κ1) is 16.4. The lowest BCUT2D eigenvalue weighted by atomic mass is 10.2. The van der Waals surface area contributed by atoms with Crippen molar-refractivity contribution in [2.24, 2.45) is 11.8 Å². The van der Waals surface area contributed by atoms with Gasteiger partial charge in [-0.2, -0.15) is 0 Å². The van der Waals surface area contributed by atoms with E-state index < -0.39 is 0 Å². The molecule has 0 bridgehead atoms. The van der Waals surface area contributed by atoms with Gasteiger partial charge in [0.05, 0.1) is 18.7 Å². The molecule has 1 aromatic heterocycles. The number of carbonyl (C=O) groups is 2. The van der Waals surface area contributed by atoms with Crippen molar-refractivity contribution in [1.29, 1.82) is 0 Å². The lowest BCUT2D eigenvalue weighted by Crippen LogP contribution is -2.21. The predicted octanol–water partition coefficient (Wildman–Crippen LogP) is 2.96. The number of hydrogen-bond donors (Lipinski definition) is 1. The molecule has 24 heavy (non-hydrogen) atoms. The Morgan fingerprint density at radius 3 is 2.67 bits per heavy atom. The van der Waals surface area contributed by atoms with Crippen molar-refractivity contribution in [3.8, 4) is 17.0 Å². The van der Waals surface area contributed by atoms with Gasteiger partial charge in [-0.1, -0.05) is 6.92 Å². The Morgan fingerprint density at radius 1 is 1.33 bits per heavy atom. The summed E-state index contributed by atoms with van der Waals surface area (Å²) in [6.45, 7) is 1.71. The summed E-state index contributed by atoms with van der Waals surface area (Å²) in [4.78, 5) is 27.8. The van der Waals surface area contributed by atoms with Crippen LogP contribution in [0.1, 0.15) is 13.3 Å². The first-order chi connectivity index (χ1) is 11.6. The Balaban J connectivity index is 1.53. The Kier molecular flexibility index (Phi) is 4.80. The van der Waals surface area contributed by atoms with Crippen molar-refractivity contribution in [2.45, 2.75) is 13.3 Å². The molecule has 1 aliphatic rings. The Morgan fingerprint density at radius 2 is 2.04 bits per heavy atom. The maximum atomic E-state index is 11.8. The van der Waals surface area contributed by atoms with Crippen LogP contribution >= 0.6 is 11.3 Å². The number of nitrogens with one attached hydrogen (secondary N) is 1. The summed E-state index contributed by atoms with van der Waals surface area (Å²) in [7, 11) is 1.61. The van der Waals surface area contributed by atoms with Crippen molar-refractivity contribution in [1.82, 2.24) is 4.98 Å². The van der Waals surface area contributed by atoms with Crippen LogP contribution in [0, 0.1) is 11.8 Å². The molecule has 1 N–H and O–H groups in total. The van der Waals surface area contributed by atoms with E-state index in [1.54, 1.807) is 7.11 Å². The van der Waals surface area contributed by atoms with Gasteiger partial charge in [-0.3, -0.25) is 14.9 Å². The molecule has 1 fully saturated rings. The van der Waals surface area contributed by atoms with Gasteiger partial charge in [0.2, 0.25) is 0 Å². The molecule has 0 unspecified atom stereocenters. The van der Waals surface area contributed by atoms with Crippen LogP contribution in [0.4, 0.5) is 5.13 Å². The summed E-state index contributed by atoms with van der Waals surface area (Å²) in [6, 6.07) is 7.51. The second-order valence-corrected chi connectivity index (χ2v) is 6.60. The summed E-state index contributed by atoms with van der Waals surface area (Å²) >= 11 is 1.32. The lowest BCUT2D eigenvalue weighted by Gasteiger charge is -2.04. The third-order valence-electron chi connectivity index (χ3n) is 3.89. The Labute approximate surface area is 143 Å². The number of thiazole rings is 1. The van der Waals surface area contributed by atoms with E-state index in [-0.39, 0.29) is 24.4 Å². The van der Waals surface area contributed by atoms with Crippen LogP contribution in [0.2, 0.25) is 0 Å². The quantitative estimate of drug-likeness (QED) is 0.814. The number of aromatic nitrogens is 1. The summed E-state index contributed by atoms with van der Waals surface area (Å²) in [6.07, 6.45) is 0.845. The summed E-state index contributed by atoms with van der Waals surface area (Å²) in [5, 5.41) is 4.98. The molecule has 126 valence electrons. The van der Waals surface area contributed by atoms with Crippen molar-refractivity contribution in [3.05, 3.63) is 29.6 Å². The van der Waals surface area contributed by atoms with Gasteiger partial charge < -0.3 is 9.47 Å². The molecular weight excluding hydrogens is 328 g/mol. The second-order valence-electron chi connectivity index (χ2n) is 5.74. The van der Waals surface area contributed by atoms with E-state index in [0.717, 1.165) is 23.4 Å². The number of esters is 1. The highest BCUT2D eigenvalue weighted by Crippen LogP contribution is 2.38. The SMILES string of the molecule is COc1ccc(-c2csc(NC(=O)COC(=O)[C@@H]3C[C@H]3C)n2)cc1. The van der Waals surface area contributed by atoms with Crippen molar-refractivity contribution < 1.29 is 19.1 Å². The highest BCUT2D eigenvalue weighted by atomic mass is 32.1. The van der Waals surface area contributed by atoms with Crippen LogP contribution in [0.3, 0.4) is 0 Å². The standard InChI is InChI=1S/C17H18N2O4S/c1-10-7-13(10)16(21)23-8-15(20)19-17-18-14(9-24-17)11-3-5-12(22-2)6-4-11/h3-6,9-10,13H,7-8H2,1-2H3,(H,18,19,20)/t10-,13-/m1/s1. The molecule has 2 atom stereocenters. The number of ether oxygens (including phenoxy) is 2. The van der Waals surface area contributed by atoms with Gasteiger partial charge in [0, 0.05) is 10.9 Å². The highest BCUT2D eigenvalue weighted by Gasteiger charge is 2.40. The molecule has 1 saturated carbocycles. The topological polar surface area (TPSA) is 77.5 Å². The normalized spacial score (nSPS) is 18.8.